The van der Waals surface area contributed by atoms with E-state index in [9.17, 15) is 0 Å². The molecule has 5 heteroatoms. The molecule has 2 aromatic carbocycles. The second kappa shape index (κ2) is 6.98. The zero-order valence-electron chi connectivity index (χ0n) is 14.2. The van der Waals surface area contributed by atoms with E-state index in [1.807, 2.05) is 36.4 Å². The fourth-order valence-electron chi connectivity index (χ4n) is 3.37. The lowest BCUT2D eigenvalue weighted by Gasteiger charge is -2.23. The molecule has 1 aliphatic rings. The Kier molecular flexibility index (Phi) is 4.55. The second-order valence-electron chi connectivity index (χ2n) is 6.44. The van der Waals surface area contributed by atoms with Crippen molar-refractivity contribution in [2.45, 2.75) is 18.9 Å². The number of halogens is 1. The fourth-order valence-corrected chi connectivity index (χ4v) is 3.50. The first-order valence-corrected chi connectivity index (χ1v) is 8.94. The van der Waals surface area contributed by atoms with Gasteiger partial charge >= 0.3 is 0 Å². The van der Waals surface area contributed by atoms with Crippen molar-refractivity contribution in [3.8, 4) is 11.3 Å². The van der Waals surface area contributed by atoms with Gasteiger partial charge in [-0.3, -0.25) is 0 Å². The second-order valence-corrected chi connectivity index (χ2v) is 6.88. The maximum atomic E-state index is 6.01. The first kappa shape index (κ1) is 16.3. The Balaban J connectivity index is 1.74. The molecule has 0 amide bonds. The van der Waals surface area contributed by atoms with Gasteiger partial charge in [0.1, 0.15) is 5.69 Å². The molecule has 3 aromatic rings. The summed E-state index contributed by atoms with van der Waals surface area (Å²) in [6.45, 7) is 1.69. The van der Waals surface area contributed by atoms with Gasteiger partial charge in [-0.2, -0.15) is 0 Å². The summed E-state index contributed by atoms with van der Waals surface area (Å²) in [6, 6.07) is 16.0. The molecule has 4 nitrogen and oxygen atoms in total. The van der Waals surface area contributed by atoms with E-state index >= 15 is 0 Å². The number of rotatable bonds is 4. The third-order valence-corrected chi connectivity index (χ3v) is 4.90. The SMILES string of the molecule is CN(CC1CCCO1)c1nnc(-c2ccc(Cl)cc2)c2ccccc12. The molecule has 0 radical (unpaired) electrons. The Labute approximate surface area is 152 Å². The molecule has 128 valence electrons. The predicted octanol–water partition coefficient (Wildman–Crippen LogP) is 4.57. The molecule has 25 heavy (non-hydrogen) atoms. The molecule has 1 unspecified atom stereocenters. The van der Waals surface area contributed by atoms with Gasteiger partial charge in [-0.1, -0.05) is 48.0 Å². The first-order valence-electron chi connectivity index (χ1n) is 8.56. The van der Waals surface area contributed by atoms with Crippen molar-refractivity contribution in [3.63, 3.8) is 0 Å². The molecule has 0 aliphatic carbocycles. The summed E-state index contributed by atoms with van der Waals surface area (Å²) in [7, 11) is 2.06. The van der Waals surface area contributed by atoms with Crippen molar-refractivity contribution >= 4 is 28.2 Å². The van der Waals surface area contributed by atoms with E-state index < -0.39 is 0 Å². The topological polar surface area (TPSA) is 38.2 Å². The van der Waals surface area contributed by atoms with Crippen LogP contribution in [0.2, 0.25) is 5.02 Å². The van der Waals surface area contributed by atoms with E-state index in [0.29, 0.717) is 5.02 Å². The van der Waals surface area contributed by atoms with Crippen molar-refractivity contribution in [1.29, 1.82) is 0 Å². The number of hydrogen-bond acceptors (Lipinski definition) is 4. The maximum absolute atomic E-state index is 6.01. The summed E-state index contributed by atoms with van der Waals surface area (Å²) >= 11 is 6.01. The van der Waals surface area contributed by atoms with Crippen molar-refractivity contribution in [2.24, 2.45) is 0 Å². The summed E-state index contributed by atoms with van der Waals surface area (Å²) < 4.78 is 5.76. The molecule has 0 N–H and O–H groups in total. The van der Waals surface area contributed by atoms with Gasteiger partial charge in [0, 0.05) is 41.6 Å². The van der Waals surface area contributed by atoms with Crippen LogP contribution in [0.15, 0.2) is 48.5 Å². The van der Waals surface area contributed by atoms with Crippen LogP contribution in [0.5, 0.6) is 0 Å². The van der Waals surface area contributed by atoms with Gasteiger partial charge < -0.3 is 9.64 Å². The standard InChI is InChI=1S/C20H20ClN3O/c1-24(13-16-5-4-12-25-16)20-18-7-3-2-6-17(18)19(22-23-20)14-8-10-15(21)11-9-14/h2-3,6-11,16H,4-5,12-13H2,1H3. The Morgan fingerprint density at radius 1 is 1.08 bits per heavy atom. The molecule has 1 fully saturated rings. The van der Waals surface area contributed by atoms with Crippen LogP contribution in [0.25, 0.3) is 22.0 Å². The maximum Gasteiger partial charge on any atom is 0.159 e. The molecule has 1 aromatic heterocycles. The van der Waals surface area contributed by atoms with Crippen molar-refractivity contribution in [1.82, 2.24) is 10.2 Å². The van der Waals surface area contributed by atoms with Gasteiger partial charge in [-0.15, -0.1) is 10.2 Å². The molecular weight excluding hydrogens is 334 g/mol. The van der Waals surface area contributed by atoms with Crippen LogP contribution < -0.4 is 4.90 Å². The highest BCUT2D eigenvalue weighted by atomic mass is 35.5. The third-order valence-electron chi connectivity index (χ3n) is 4.65. The van der Waals surface area contributed by atoms with Crippen LogP contribution in [-0.4, -0.2) is 36.5 Å². The molecule has 1 aliphatic heterocycles. The average Bonchev–Trinajstić information content (AvgIpc) is 3.14. The number of likely N-dealkylation sites (N-methyl/N-ethyl adjacent to an activating group) is 1. The Hall–Kier alpha value is -2.17. The van der Waals surface area contributed by atoms with E-state index in [1.54, 1.807) is 0 Å². The molecule has 0 spiro atoms. The number of anilines is 1. The predicted molar refractivity (Wildman–Crippen MR) is 102 cm³/mol. The van der Waals surface area contributed by atoms with Crippen LogP contribution in [0.4, 0.5) is 5.82 Å². The van der Waals surface area contributed by atoms with E-state index in [-0.39, 0.29) is 6.10 Å². The van der Waals surface area contributed by atoms with Gasteiger partial charge in [0.15, 0.2) is 5.82 Å². The van der Waals surface area contributed by atoms with E-state index in [0.717, 1.165) is 53.8 Å². The molecule has 1 saturated heterocycles. The zero-order chi connectivity index (χ0) is 17.2. The van der Waals surface area contributed by atoms with Crippen molar-refractivity contribution in [2.75, 3.05) is 25.1 Å². The van der Waals surface area contributed by atoms with Gasteiger partial charge in [0.05, 0.1) is 6.10 Å². The van der Waals surface area contributed by atoms with Crippen LogP contribution in [0.3, 0.4) is 0 Å². The molecule has 4 rings (SSSR count). The quantitative estimate of drug-likeness (QED) is 0.689. The number of benzene rings is 2. The van der Waals surface area contributed by atoms with Crippen LogP contribution >= 0.6 is 11.6 Å². The van der Waals surface area contributed by atoms with E-state index in [4.69, 9.17) is 16.3 Å². The van der Waals surface area contributed by atoms with Gasteiger partial charge in [0.25, 0.3) is 0 Å². The Bertz CT molecular complexity index is 876. The molecule has 0 bridgehead atoms. The highest BCUT2D eigenvalue weighted by Crippen LogP contribution is 2.31. The van der Waals surface area contributed by atoms with Gasteiger partial charge in [-0.25, -0.2) is 0 Å². The lowest BCUT2D eigenvalue weighted by atomic mass is 10.0. The Morgan fingerprint density at radius 3 is 2.56 bits per heavy atom. The smallest absolute Gasteiger partial charge is 0.159 e. The summed E-state index contributed by atoms with van der Waals surface area (Å²) in [4.78, 5) is 2.15. The average molecular weight is 354 g/mol. The fraction of sp³-hybridized carbons (Fsp3) is 0.300. The highest BCUT2D eigenvalue weighted by molar-refractivity contribution is 6.30. The lowest BCUT2D eigenvalue weighted by Crippen LogP contribution is -2.29. The van der Waals surface area contributed by atoms with Crippen LogP contribution in [0.1, 0.15) is 12.8 Å². The van der Waals surface area contributed by atoms with E-state index in [2.05, 4.69) is 34.3 Å². The summed E-state index contributed by atoms with van der Waals surface area (Å²) in [5.41, 5.74) is 1.89. The minimum absolute atomic E-state index is 0.279. The number of fused-ring (bicyclic) bond motifs is 1. The number of aromatic nitrogens is 2. The largest absolute Gasteiger partial charge is 0.376 e. The molecule has 0 saturated carbocycles. The van der Waals surface area contributed by atoms with Crippen LogP contribution in [0, 0.1) is 0 Å². The first-order chi connectivity index (χ1) is 12.2. The number of nitrogens with zero attached hydrogens (tertiary/aromatic N) is 3. The summed E-state index contributed by atoms with van der Waals surface area (Å²) in [6.07, 6.45) is 2.53. The Morgan fingerprint density at radius 2 is 1.84 bits per heavy atom. The highest BCUT2D eigenvalue weighted by Gasteiger charge is 2.20. The third kappa shape index (κ3) is 3.32. The molecule has 1 atom stereocenters. The molecule has 2 heterocycles. The summed E-state index contributed by atoms with van der Waals surface area (Å²) in [5, 5.41) is 12.0. The normalized spacial score (nSPS) is 17.1. The van der Waals surface area contributed by atoms with Gasteiger partial charge in [-0.05, 0) is 25.0 Å². The minimum Gasteiger partial charge on any atom is -0.376 e. The number of hydrogen-bond donors (Lipinski definition) is 0. The van der Waals surface area contributed by atoms with Crippen molar-refractivity contribution in [3.05, 3.63) is 53.6 Å². The van der Waals surface area contributed by atoms with Gasteiger partial charge in [0.2, 0.25) is 0 Å². The zero-order valence-corrected chi connectivity index (χ0v) is 14.9. The van der Waals surface area contributed by atoms with E-state index in [1.165, 1.54) is 0 Å². The van der Waals surface area contributed by atoms with Crippen molar-refractivity contribution < 1.29 is 4.74 Å². The molecular formula is C20H20ClN3O. The number of ether oxygens (including phenoxy) is 1. The van der Waals surface area contributed by atoms with Crippen LogP contribution in [-0.2, 0) is 4.74 Å². The summed E-state index contributed by atoms with van der Waals surface area (Å²) in [5.74, 6) is 0.892. The lowest BCUT2D eigenvalue weighted by molar-refractivity contribution is 0.116. The monoisotopic (exact) mass is 353 g/mol. The minimum atomic E-state index is 0.279.